The van der Waals surface area contributed by atoms with Crippen molar-refractivity contribution in [3.8, 4) is 0 Å². The summed E-state index contributed by atoms with van der Waals surface area (Å²) in [5.74, 6) is -0.482. The highest BCUT2D eigenvalue weighted by molar-refractivity contribution is 8.18. The van der Waals surface area contributed by atoms with Crippen LogP contribution in [0.25, 0.3) is 6.08 Å². The van der Waals surface area contributed by atoms with Gasteiger partial charge in [-0.15, -0.1) is 0 Å². The van der Waals surface area contributed by atoms with Crippen molar-refractivity contribution in [3.05, 3.63) is 83.0 Å². The summed E-state index contributed by atoms with van der Waals surface area (Å²) in [6.45, 7) is 1.57. The van der Waals surface area contributed by atoms with Crippen molar-refractivity contribution < 1.29 is 18.8 Å². The summed E-state index contributed by atoms with van der Waals surface area (Å²) in [5, 5.41) is 2.90. The summed E-state index contributed by atoms with van der Waals surface area (Å²) in [5.41, 5.74) is 1.61. The van der Waals surface area contributed by atoms with Crippen LogP contribution in [-0.4, -0.2) is 28.5 Å². The van der Waals surface area contributed by atoms with E-state index < -0.39 is 17.1 Å². The van der Waals surface area contributed by atoms with Gasteiger partial charge < -0.3 is 9.73 Å². The first-order valence-corrected chi connectivity index (χ1v) is 11.1. The summed E-state index contributed by atoms with van der Waals surface area (Å²) in [6.07, 6.45) is 1.53. The molecule has 1 aliphatic heterocycles. The number of thioether (sulfide) groups is 1. The van der Waals surface area contributed by atoms with E-state index in [0.29, 0.717) is 16.5 Å². The molecule has 0 bridgehead atoms. The van der Waals surface area contributed by atoms with Gasteiger partial charge in [0.2, 0.25) is 5.91 Å². The van der Waals surface area contributed by atoms with Gasteiger partial charge in [-0.1, -0.05) is 42.1 Å². The molecule has 1 aromatic heterocycles. The van der Waals surface area contributed by atoms with E-state index in [1.807, 2.05) is 61.5 Å². The quantitative estimate of drug-likeness (QED) is 0.506. The lowest BCUT2D eigenvalue weighted by molar-refractivity contribution is -0.127. The molecular formula is C23H18N2O4S2. The fourth-order valence-corrected chi connectivity index (χ4v) is 4.52. The van der Waals surface area contributed by atoms with Gasteiger partial charge in [-0.05, 0) is 60.6 Å². The van der Waals surface area contributed by atoms with Crippen LogP contribution < -0.4 is 5.32 Å². The molecule has 31 heavy (non-hydrogen) atoms. The van der Waals surface area contributed by atoms with Crippen molar-refractivity contribution in [1.82, 2.24) is 4.90 Å². The van der Waals surface area contributed by atoms with Crippen molar-refractivity contribution in [2.24, 2.45) is 0 Å². The van der Waals surface area contributed by atoms with Gasteiger partial charge in [-0.25, -0.2) is 0 Å². The van der Waals surface area contributed by atoms with E-state index >= 15 is 0 Å². The van der Waals surface area contributed by atoms with Crippen LogP contribution in [0.4, 0.5) is 10.5 Å². The first kappa shape index (κ1) is 21.0. The molecule has 1 aliphatic rings. The predicted octanol–water partition coefficient (Wildman–Crippen LogP) is 5.41. The maximum Gasteiger partial charge on any atom is 0.294 e. The van der Waals surface area contributed by atoms with E-state index in [2.05, 4.69) is 5.32 Å². The number of hydrogen-bond donors (Lipinski definition) is 1. The summed E-state index contributed by atoms with van der Waals surface area (Å²) >= 11 is 2.25. The summed E-state index contributed by atoms with van der Waals surface area (Å²) in [4.78, 5) is 39.4. The van der Waals surface area contributed by atoms with Gasteiger partial charge in [0, 0.05) is 16.7 Å². The van der Waals surface area contributed by atoms with E-state index in [1.165, 1.54) is 17.8 Å². The maximum atomic E-state index is 12.6. The van der Waals surface area contributed by atoms with Crippen molar-refractivity contribution in [1.29, 1.82) is 0 Å². The molecule has 8 heteroatoms. The fraction of sp³-hybridized carbons (Fsp3) is 0.0870. The zero-order chi connectivity index (χ0) is 21.8. The largest absolute Gasteiger partial charge is 0.450 e. The standard InChI is InChI=1S/C23H18N2O4S2/c1-15-6-5-7-16(12-15)24-20(26)14-25-22(27)19(31-23(25)28)13-17-10-11-21(29-17)30-18-8-3-2-4-9-18/h2-13H,14H2,1H3,(H,24,26). The topological polar surface area (TPSA) is 79.6 Å². The van der Waals surface area contributed by atoms with Crippen LogP contribution >= 0.6 is 23.5 Å². The van der Waals surface area contributed by atoms with Gasteiger partial charge in [-0.2, -0.15) is 0 Å². The van der Waals surface area contributed by atoms with Crippen LogP contribution in [0.15, 0.2) is 86.0 Å². The highest BCUT2D eigenvalue weighted by atomic mass is 32.2. The molecular weight excluding hydrogens is 432 g/mol. The second-order valence-corrected chi connectivity index (χ2v) is 8.83. The minimum Gasteiger partial charge on any atom is -0.450 e. The third-order valence-corrected chi connectivity index (χ3v) is 6.15. The van der Waals surface area contributed by atoms with Gasteiger partial charge in [0.15, 0.2) is 5.09 Å². The highest BCUT2D eigenvalue weighted by Gasteiger charge is 2.36. The Labute approximate surface area is 187 Å². The molecule has 0 aliphatic carbocycles. The zero-order valence-corrected chi connectivity index (χ0v) is 18.2. The summed E-state index contributed by atoms with van der Waals surface area (Å²) in [6, 6.07) is 20.6. The van der Waals surface area contributed by atoms with Gasteiger partial charge in [0.1, 0.15) is 12.3 Å². The molecule has 0 saturated carbocycles. The van der Waals surface area contributed by atoms with Crippen LogP contribution in [0.2, 0.25) is 0 Å². The number of nitrogens with one attached hydrogen (secondary N) is 1. The van der Waals surface area contributed by atoms with E-state index in [1.54, 1.807) is 12.1 Å². The Morgan fingerprint density at radius 2 is 1.90 bits per heavy atom. The van der Waals surface area contributed by atoms with Crippen molar-refractivity contribution >= 4 is 52.3 Å². The Kier molecular flexibility index (Phi) is 6.29. The van der Waals surface area contributed by atoms with Crippen LogP contribution in [-0.2, 0) is 9.59 Å². The van der Waals surface area contributed by atoms with E-state index in [-0.39, 0.29) is 11.4 Å². The summed E-state index contributed by atoms with van der Waals surface area (Å²) in [7, 11) is 0. The second-order valence-electron chi connectivity index (χ2n) is 6.76. The summed E-state index contributed by atoms with van der Waals surface area (Å²) < 4.78 is 5.75. The Hall–Kier alpha value is -3.23. The molecule has 3 aromatic rings. The number of amides is 3. The lowest BCUT2D eigenvalue weighted by Crippen LogP contribution is -2.36. The zero-order valence-electron chi connectivity index (χ0n) is 16.5. The smallest absolute Gasteiger partial charge is 0.294 e. The van der Waals surface area contributed by atoms with Gasteiger partial charge in [-0.3, -0.25) is 19.3 Å². The van der Waals surface area contributed by atoms with Crippen LogP contribution in [0.5, 0.6) is 0 Å². The van der Waals surface area contributed by atoms with E-state index in [0.717, 1.165) is 27.1 Å². The number of furan rings is 1. The van der Waals surface area contributed by atoms with Crippen molar-refractivity contribution in [2.75, 3.05) is 11.9 Å². The Morgan fingerprint density at radius 3 is 2.68 bits per heavy atom. The van der Waals surface area contributed by atoms with Crippen molar-refractivity contribution in [2.45, 2.75) is 16.9 Å². The number of anilines is 1. The van der Waals surface area contributed by atoms with Crippen molar-refractivity contribution in [3.63, 3.8) is 0 Å². The molecule has 0 spiro atoms. The average molecular weight is 451 g/mol. The number of benzene rings is 2. The van der Waals surface area contributed by atoms with Crippen LogP contribution in [0.3, 0.4) is 0 Å². The highest BCUT2D eigenvalue weighted by Crippen LogP contribution is 2.34. The van der Waals surface area contributed by atoms with Crippen LogP contribution in [0, 0.1) is 6.92 Å². The molecule has 1 saturated heterocycles. The number of aryl methyl sites for hydroxylation is 1. The predicted molar refractivity (Wildman–Crippen MR) is 122 cm³/mol. The average Bonchev–Trinajstić information content (AvgIpc) is 3.28. The number of carbonyl (C=O) groups is 3. The van der Waals surface area contributed by atoms with Gasteiger partial charge in [0.05, 0.1) is 4.91 Å². The second kappa shape index (κ2) is 9.28. The molecule has 1 N–H and O–H groups in total. The fourth-order valence-electron chi connectivity index (χ4n) is 2.90. The Balaban J connectivity index is 1.41. The van der Waals surface area contributed by atoms with E-state index in [9.17, 15) is 14.4 Å². The Morgan fingerprint density at radius 1 is 1.10 bits per heavy atom. The molecule has 1 fully saturated rings. The normalized spacial score (nSPS) is 15.0. The molecule has 0 radical (unpaired) electrons. The number of nitrogens with zero attached hydrogens (tertiary/aromatic N) is 1. The lowest BCUT2D eigenvalue weighted by atomic mass is 10.2. The molecule has 0 atom stereocenters. The monoisotopic (exact) mass is 450 g/mol. The molecule has 2 aromatic carbocycles. The third kappa shape index (κ3) is 5.28. The lowest BCUT2D eigenvalue weighted by Gasteiger charge is -2.12. The number of rotatable bonds is 6. The maximum absolute atomic E-state index is 12.6. The minimum atomic E-state index is -0.511. The SMILES string of the molecule is Cc1cccc(NC(=O)CN2C(=O)SC(=Cc3ccc(Sc4ccccc4)o3)C2=O)c1. The molecule has 4 rings (SSSR count). The molecule has 6 nitrogen and oxygen atoms in total. The number of imide groups is 1. The first-order valence-electron chi connectivity index (χ1n) is 9.42. The first-order chi connectivity index (χ1) is 15.0. The third-order valence-electron chi connectivity index (χ3n) is 4.31. The molecule has 2 heterocycles. The van der Waals surface area contributed by atoms with Gasteiger partial charge >= 0.3 is 0 Å². The van der Waals surface area contributed by atoms with Crippen LogP contribution in [0.1, 0.15) is 11.3 Å². The van der Waals surface area contributed by atoms with Gasteiger partial charge in [0.25, 0.3) is 11.1 Å². The minimum absolute atomic E-state index is 0.221. The number of carbonyl (C=O) groups excluding carboxylic acids is 3. The molecule has 156 valence electrons. The van der Waals surface area contributed by atoms with E-state index in [4.69, 9.17) is 4.42 Å². The molecule has 3 amide bonds. The Bertz CT molecular complexity index is 1170. The molecule has 0 unspecified atom stereocenters. The number of hydrogen-bond acceptors (Lipinski definition) is 6.